The first kappa shape index (κ1) is 13.5. The Morgan fingerprint density at radius 2 is 1.84 bits per heavy atom. The Morgan fingerprint density at radius 3 is 2.32 bits per heavy atom. The third-order valence-electron chi connectivity index (χ3n) is 2.83. The fraction of sp³-hybridized carbons (Fsp3) is 0.308. The highest BCUT2D eigenvalue weighted by atomic mass is 35.5. The molecule has 2 aromatic rings. The Kier molecular flexibility index (Phi) is 4.16. The zero-order valence-corrected chi connectivity index (χ0v) is 11.9. The van der Waals surface area contributed by atoms with E-state index in [0.29, 0.717) is 11.7 Å². The van der Waals surface area contributed by atoms with Gasteiger partial charge in [0.1, 0.15) is 22.5 Å². The molecule has 0 saturated carbocycles. The average molecular weight is 282 g/mol. The van der Waals surface area contributed by atoms with E-state index >= 15 is 0 Å². The number of rotatable bonds is 5. The van der Waals surface area contributed by atoms with E-state index in [4.69, 9.17) is 21.1 Å². The third-order valence-corrected chi connectivity index (χ3v) is 3.18. The number of benzene rings is 1. The molecule has 6 heteroatoms. The molecule has 0 aliphatic heterocycles. The quantitative estimate of drug-likeness (QED) is 0.915. The highest BCUT2D eigenvalue weighted by molar-refractivity contribution is 6.29. The summed E-state index contributed by atoms with van der Waals surface area (Å²) < 4.78 is 12.3. The van der Waals surface area contributed by atoms with Gasteiger partial charge in [-0.1, -0.05) is 11.6 Å². The van der Waals surface area contributed by atoms with Crippen molar-refractivity contribution in [3.63, 3.8) is 0 Å². The van der Waals surface area contributed by atoms with Crippen LogP contribution in [0.3, 0.4) is 0 Å². The first-order valence-corrected chi connectivity index (χ1v) is 6.15. The lowest BCUT2D eigenvalue weighted by Crippen LogP contribution is -2.06. The van der Waals surface area contributed by atoms with E-state index in [1.165, 1.54) is 0 Å². The summed E-state index contributed by atoms with van der Waals surface area (Å²) in [7, 11) is 5.12. The topological polar surface area (TPSA) is 48.3 Å². The van der Waals surface area contributed by atoms with Crippen LogP contribution in [0.2, 0.25) is 5.15 Å². The lowest BCUT2D eigenvalue weighted by atomic mass is 10.2. The first-order chi connectivity index (χ1) is 9.13. The molecule has 0 aliphatic carbocycles. The molecule has 5 nitrogen and oxygen atoms in total. The number of nitrogens with one attached hydrogen (secondary N) is 1. The van der Waals surface area contributed by atoms with Crippen molar-refractivity contribution < 1.29 is 9.47 Å². The predicted molar refractivity (Wildman–Crippen MR) is 75.1 cm³/mol. The lowest BCUT2D eigenvalue weighted by Gasteiger charge is -2.10. The van der Waals surface area contributed by atoms with Gasteiger partial charge in [0.25, 0.3) is 0 Å². The average Bonchev–Trinajstić information content (AvgIpc) is 2.76. The molecule has 0 radical (unpaired) electrons. The van der Waals surface area contributed by atoms with Crippen molar-refractivity contribution in [1.29, 1.82) is 0 Å². The van der Waals surface area contributed by atoms with Gasteiger partial charge in [0.2, 0.25) is 0 Å². The van der Waals surface area contributed by atoms with E-state index in [1.807, 2.05) is 29.8 Å². The number of methoxy groups -OCH3 is 2. The maximum absolute atomic E-state index is 5.94. The van der Waals surface area contributed by atoms with E-state index in [9.17, 15) is 0 Å². The predicted octanol–water partition coefficient (Wildman–Crippen LogP) is 2.70. The Labute approximate surface area is 117 Å². The molecule has 0 saturated heterocycles. The maximum atomic E-state index is 5.94. The number of anilines is 1. The molecule has 1 heterocycles. The minimum Gasteiger partial charge on any atom is -0.497 e. The molecule has 2 rings (SSSR count). The number of hydrogen-bond donors (Lipinski definition) is 1. The number of aromatic nitrogens is 2. The van der Waals surface area contributed by atoms with Crippen LogP contribution >= 0.6 is 11.6 Å². The molecule has 102 valence electrons. The van der Waals surface area contributed by atoms with Gasteiger partial charge < -0.3 is 19.4 Å². The van der Waals surface area contributed by atoms with Crippen LogP contribution in [0.1, 0.15) is 5.82 Å². The second kappa shape index (κ2) is 5.84. The van der Waals surface area contributed by atoms with Gasteiger partial charge in [-0.3, -0.25) is 0 Å². The van der Waals surface area contributed by atoms with Crippen molar-refractivity contribution >= 4 is 17.3 Å². The van der Waals surface area contributed by atoms with Gasteiger partial charge in [-0.15, -0.1) is 0 Å². The van der Waals surface area contributed by atoms with Crippen LogP contribution in [-0.2, 0) is 13.6 Å². The molecule has 0 atom stereocenters. The fourth-order valence-electron chi connectivity index (χ4n) is 1.68. The molecule has 0 unspecified atom stereocenters. The molecule has 0 aliphatic rings. The maximum Gasteiger partial charge on any atom is 0.128 e. The smallest absolute Gasteiger partial charge is 0.128 e. The zero-order valence-electron chi connectivity index (χ0n) is 11.1. The van der Waals surface area contributed by atoms with Crippen LogP contribution in [0.15, 0.2) is 24.4 Å². The van der Waals surface area contributed by atoms with Gasteiger partial charge >= 0.3 is 0 Å². The normalized spacial score (nSPS) is 10.3. The van der Waals surface area contributed by atoms with Gasteiger partial charge in [-0.25, -0.2) is 4.98 Å². The van der Waals surface area contributed by atoms with Crippen LogP contribution in [0.4, 0.5) is 5.69 Å². The molecule has 0 bridgehead atoms. The summed E-state index contributed by atoms with van der Waals surface area (Å²) in [6, 6.07) is 5.61. The summed E-state index contributed by atoms with van der Waals surface area (Å²) in [5, 5.41) is 3.87. The molecule has 0 spiro atoms. The Bertz CT molecular complexity index is 547. The van der Waals surface area contributed by atoms with Gasteiger partial charge in [0.05, 0.1) is 27.0 Å². The van der Waals surface area contributed by atoms with Crippen LogP contribution in [0.5, 0.6) is 11.5 Å². The van der Waals surface area contributed by atoms with Crippen molar-refractivity contribution in [3.05, 3.63) is 35.4 Å². The lowest BCUT2D eigenvalue weighted by molar-refractivity contribution is 0.394. The molecule has 1 aromatic carbocycles. The molecular formula is C13H16ClN3O2. The van der Waals surface area contributed by atoms with Crippen molar-refractivity contribution in [1.82, 2.24) is 9.55 Å². The van der Waals surface area contributed by atoms with E-state index in [-0.39, 0.29) is 0 Å². The summed E-state index contributed by atoms with van der Waals surface area (Å²) in [5.74, 6) is 2.33. The molecule has 1 N–H and O–H groups in total. The standard InChI is InChI=1S/C13H16ClN3O2/c1-17-12(14)7-16-13(17)8-15-9-4-10(18-2)6-11(5-9)19-3/h4-7,15H,8H2,1-3H3. The molecule has 1 aromatic heterocycles. The summed E-state index contributed by atoms with van der Waals surface area (Å²) in [6.45, 7) is 0.569. The van der Waals surface area contributed by atoms with Crippen LogP contribution < -0.4 is 14.8 Å². The number of hydrogen-bond acceptors (Lipinski definition) is 4. The largest absolute Gasteiger partial charge is 0.497 e. The van der Waals surface area contributed by atoms with Crippen molar-refractivity contribution in [2.24, 2.45) is 7.05 Å². The van der Waals surface area contributed by atoms with Gasteiger partial charge in [-0.05, 0) is 0 Å². The Morgan fingerprint density at radius 1 is 1.21 bits per heavy atom. The minimum atomic E-state index is 0.569. The number of imidazole rings is 1. The number of halogens is 1. The van der Waals surface area contributed by atoms with E-state index in [1.54, 1.807) is 20.4 Å². The Balaban J connectivity index is 2.12. The first-order valence-electron chi connectivity index (χ1n) is 5.77. The van der Waals surface area contributed by atoms with Gasteiger partial charge in [0, 0.05) is 30.9 Å². The molecule has 0 fully saturated rings. The number of ether oxygens (including phenoxy) is 2. The Hall–Kier alpha value is -1.88. The second-order valence-electron chi connectivity index (χ2n) is 4.01. The fourth-order valence-corrected chi connectivity index (χ4v) is 1.83. The highest BCUT2D eigenvalue weighted by Crippen LogP contribution is 2.26. The van der Waals surface area contributed by atoms with Crippen molar-refractivity contribution in [2.75, 3.05) is 19.5 Å². The van der Waals surface area contributed by atoms with Crippen LogP contribution in [0.25, 0.3) is 0 Å². The summed E-state index contributed by atoms with van der Waals surface area (Å²) in [5.41, 5.74) is 0.898. The molecule has 19 heavy (non-hydrogen) atoms. The zero-order chi connectivity index (χ0) is 13.8. The van der Waals surface area contributed by atoms with Crippen LogP contribution in [-0.4, -0.2) is 23.8 Å². The van der Waals surface area contributed by atoms with Crippen molar-refractivity contribution in [3.8, 4) is 11.5 Å². The summed E-state index contributed by atoms with van der Waals surface area (Å²) >= 11 is 5.94. The molecular weight excluding hydrogens is 266 g/mol. The summed E-state index contributed by atoms with van der Waals surface area (Å²) in [6.07, 6.45) is 1.63. The number of nitrogens with zero attached hydrogens (tertiary/aromatic N) is 2. The van der Waals surface area contributed by atoms with Gasteiger partial charge in [0.15, 0.2) is 0 Å². The SMILES string of the molecule is COc1cc(NCc2ncc(Cl)n2C)cc(OC)c1. The van der Waals surface area contributed by atoms with E-state index in [0.717, 1.165) is 23.0 Å². The van der Waals surface area contributed by atoms with Crippen LogP contribution in [0, 0.1) is 0 Å². The molecule has 0 amide bonds. The summed E-state index contributed by atoms with van der Waals surface area (Å²) in [4.78, 5) is 4.22. The third kappa shape index (κ3) is 3.12. The van der Waals surface area contributed by atoms with Gasteiger partial charge in [-0.2, -0.15) is 0 Å². The van der Waals surface area contributed by atoms with E-state index < -0.39 is 0 Å². The minimum absolute atomic E-state index is 0.569. The van der Waals surface area contributed by atoms with Crippen molar-refractivity contribution in [2.45, 2.75) is 6.54 Å². The van der Waals surface area contributed by atoms with E-state index in [2.05, 4.69) is 10.3 Å². The monoisotopic (exact) mass is 281 g/mol. The highest BCUT2D eigenvalue weighted by Gasteiger charge is 2.06. The second-order valence-corrected chi connectivity index (χ2v) is 4.40.